The first-order valence-corrected chi connectivity index (χ1v) is 6.09. The minimum Gasteiger partial charge on any atom is -0.294 e. The predicted molar refractivity (Wildman–Crippen MR) is 66.8 cm³/mol. The van der Waals surface area contributed by atoms with E-state index in [2.05, 4.69) is 6.92 Å². The molecule has 1 saturated carbocycles. The van der Waals surface area contributed by atoms with Crippen LogP contribution in [-0.4, -0.2) is 5.78 Å². The largest absolute Gasteiger partial charge is 0.294 e. The molecule has 2 rings (SSSR count). The van der Waals surface area contributed by atoms with Crippen LogP contribution >= 0.6 is 0 Å². The lowest BCUT2D eigenvalue weighted by molar-refractivity contribution is 0.0858. The molecular weight excluding hydrogens is 215 g/mol. The number of carbonyl (C=O) groups is 1. The van der Waals surface area contributed by atoms with E-state index in [0.717, 1.165) is 18.4 Å². The summed E-state index contributed by atoms with van der Waals surface area (Å²) in [6, 6.07) is 4.93. The van der Waals surface area contributed by atoms with E-state index in [9.17, 15) is 9.18 Å². The van der Waals surface area contributed by atoms with Crippen molar-refractivity contribution in [1.29, 1.82) is 0 Å². The Kier molecular flexibility index (Phi) is 2.64. The fourth-order valence-electron chi connectivity index (χ4n) is 2.04. The van der Waals surface area contributed by atoms with Gasteiger partial charge in [0.1, 0.15) is 5.82 Å². The minimum atomic E-state index is -0.461. The Bertz CT molecular complexity index is 464. The zero-order valence-electron chi connectivity index (χ0n) is 10.9. The first-order valence-electron chi connectivity index (χ1n) is 6.09. The van der Waals surface area contributed by atoms with Gasteiger partial charge in [-0.25, -0.2) is 4.39 Å². The molecule has 0 spiro atoms. The van der Waals surface area contributed by atoms with Crippen molar-refractivity contribution in [2.24, 2.45) is 5.41 Å². The third-order valence-electron chi connectivity index (χ3n) is 3.56. The van der Waals surface area contributed by atoms with Gasteiger partial charge in [-0.2, -0.15) is 0 Å². The molecule has 1 nitrogen and oxygen atoms in total. The first-order chi connectivity index (χ1) is 7.74. The third kappa shape index (κ3) is 2.26. The van der Waals surface area contributed by atoms with Gasteiger partial charge in [0.05, 0.1) is 0 Å². The molecule has 0 amide bonds. The zero-order valence-corrected chi connectivity index (χ0v) is 10.9. The number of rotatable bonds is 2. The lowest BCUT2D eigenvalue weighted by Gasteiger charge is -2.18. The summed E-state index contributed by atoms with van der Waals surface area (Å²) in [5, 5.41) is 0. The second kappa shape index (κ2) is 3.66. The SMILES string of the molecule is CC(C)(C)C(=O)c1ccc(C2(C)CC2)c(F)c1. The summed E-state index contributed by atoms with van der Waals surface area (Å²) in [6.07, 6.45) is 2.08. The average Bonchev–Trinajstić information content (AvgIpc) is 2.94. The van der Waals surface area contributed by atoms with Crippen LogP contribution < -0.4 is 0 Å². The van der Waals surface area contributed by atoms with Crippen molar-refractivity contribution in [3.63, 3.8) is 0 Å². The topological polar surface area (TPSA) is 17.1 Å². The maximum Gasteiger partial charge on any atom is 0.168 e. The summed E-state index contributed by atoms with van der Waals surface area (Å²) in [5.74, 6) is -0.246. The number of Topliss-reactive ketones (excluding diaryl/α,β-unsaturated/α-hetero) is 1. The molecule has 0 aliphatic heterocycles. The van der Waals surface area contributed by atoms with Gasteiger partial charge in [0.25, 0.3) is 0 Å². The van der Waals surface area contributed by atoms with E-state index in [4.69, 9.17) is 0 Å². The van der Waals surface area contributed by atoms with Gasteiger partial charge in [-0.05, 0) is 29.9 Å². The molecule has 1 aromatic carbocycles. The molecule has 0 N–H and O–H groups in total. The third-order valence-corrected chi connectivity index (χ3v) is 3.56. The van der Waals surface area contributed by atoms with Crippen LogP contribution in [0.3, 0.4) is 0 Å². The van der Waals surface area contributed by atoms with E-state index >= 15 is 0 Å². The van der Waals surface area contributed by atoms with Crippen molar-refractivity contribution in [3.05, 3.63) is 35.1 Å². The van der Waals surface area contributed by atoms with Crippen molar-refractivity contribution >= 4 is 5.78 Å². The maximum atomic E-state index is 14.0. The Hall–Kier alpha value is -1.18. The van der Waals surface area contributed by atoms with E-state index in [-0.39, 0.29) is 17.0 Å². The smallest absolute Gasteiger partial charge is 0.168 e. The fraction of sp³-hybridized carbons (Fsp3) is 0.533. The number of benzene rings is 1. The maximum absolute atomic E-state index is 14.0. The van der Waals surface area contributed by atoms with Crippen LogP contribution in [0.1, 0.15) is 56.5 Å². The second-order valence-electron chi connectivity index (χ2n) is 6.33. The molecular formula is C15H19FO. The number of hydrogen-bond donors (Lipinski definition) is 0. The Balaban J connectivity index is 2.35. The molecule has 1 aliphatic carbocycles. The Morgan fingerprint density at radius 2 is 1.88 bits per heavy atom. The predicted octanol–water partition coefficient (Wildman–Crippen LogP) is 4.11. The molecule has 0 saturated heterocycles. The quantitative estimate of drug-likeness (QED) is 0.704. The van der Waals surface area contributed by atoms with Crippen molar-refractivity contribution < 1.29 is 9.18 Å². The molecule has 0 atom stereocenters. The van der Waals surface area contributed by atoms with E-state index < -0.39 is 5.41 Å². The fourth-order valence-corrected chi connectivity index (χ4v) is 2.04. The number of hydrogen-bond acceptors (Lipinski definition) is 1. The van der Waals surface area contributed by atoms with E-state index in [1.54, 1.807) is 12.1 Å². The summed E-state index contributed by atoms with van der Waals surface area (Å²) in [7, 11) is 0. The Morgan fingerprint density at radius 3 is 2.29 bits per heavy atom. The molecule has 0 radical (unpaired) electrons. The highest BCUT2D eigenvalue weighted by molar-refractivity contribution is 5.99. The van der Waals surface area contributed by atoms with Gasteiger partial charge in [0, 0.05) is 11.0 Å². The van der Waals surface area contributed by atoms with Crippen LogP contribution in [0.25, 0.3) is 0 Å². The van der Waals surface area contributed by atoms with Crippen LogP contribution in [-0.2, 0) is 5.41 Å². The van der Waals surface area contributed by atoms with Gasteiger partial charge in [-0.15, -0.1) is 0 Å². The van der Waals surface area contributed by atoms with Crippen molar-refractivity contribution in [2.45, 2.75) is 46.0 Å². The number of ketones is 1. The van der Waals surface area contributed by atoms with Crippen molar-refractivity contribution in [1.82, 2.24) is 0 Å². The molecule has 0 bridgehead atoms. The lowest BCUT2D eigenvalue weighted by atomic mass is 9.85. The molecule has 0 unspecified atom stereocenters. The first kappa shape index (κ1) is 12.3. The zero-order chi connectivity index (χ0) is 12.8. The van der Waals surface area contributed by atoms with Gasteiger partial charge >= 0.3 is 0 Å². The minimum absolute atomic E-state index is 0.00733. The van der Waals surface area contributed by atoms with Crippen LogP contribution in [0.2, 0.25) is 0 Å². The summed E-state index contributed by atoms with van der Waals surface area (Å²) >= 11 is 0. The van der Waals surface area contributed by atoms with Crippen LogP contribution in [0, 0.1) is 11.2 Å². The summed E-state index contributed by atoms with van der Waals surface area (Å²) in [6.45, 7) is 7.62. The van der Waals surface area contributed by atoms with E-state index in [1.807, 2.05) is 20.8 Å². The summed E-state index contributed by atoms with van der Waals surface area (Å²) < 4.78 is 14.0. The summed E-state index contributed by atoms with van der Waals surface area (Å²) in [5.41, 5.74) is 0.774. The average molecular weight is 234 g/mol. The highest BCUT2D eigenvalue weighted by Crippen LogP contribution is 2.48. The molecule has 92 valence electrons. The van der Waals surface area contributed by atoms with E-state index in [1.165, 1.54) is 6.07 Å². The van der Waals surface area contributed by atoms with Crippen LogP contribution in [0.15, 0.2) is 18.2 Å². The molecule has 1 aliphatic rings. The highest BCUT2D eigenvalue weighted by Gasteiger charge is 2.41. The molecule has 2 heteroatoms. The van der Waals surface area contributed by atoms with Crippen molar-refractivity contribution in [3.8, 4) is 0 Å². The van der Waals surface area contributed by atoms with Crippen LogP contribution in [0.4, 0.5) is 4.39 Å². The standard InChI is InChI=1S/C15H19FO/c1-14(2,3)13(17)10-5-6-11(12(16)9-10)15(4)7-8-15/h5-6,9H,7-8H2,1-4H3. The molecule has 17 heavy (non-hydrogen) atoms. The summed E-state index contributed by atoms with van der Waals surface area (Å²) in [4.78, 5) is 12.0. The van der Waals surface area contributed by atoms with Gasteiger partial charge < -0.3 is 0 Å². The Labute approximate surface area is 102 Å². The lowest BCUT2D eigenvalue weighted by Crippen LogP contribution is -2.20. The van der Waals surface area contributed by atoms with Gasteiger partial charge in [0.15, 0.2) is 5.78 Å². The van der Waals surface area contributed by atoms with Crippen molar-refractivity contribution in [2.75, 3.05) is 0 Å². The van der Waals surface area contributed by atoms with Gasteiger partial charge in [0.2, 0.25) is 0 Å². The number of carbonyl (C=O) groups excluding carboxylic acids is 1. The number of halogens is 1. The second-order valence-corrected chi connectivity index (χ2v) is 6.33. The normalized spacial score (nSPS) is 17.9. The van der Waals surface area contributed by atoms with Gasteiger partial charge in [-0.1, -0.05) is 39.8 Å². The highest BCUT2D eigenvalue weighted by atomic mass is 19.1. The Morgan fingerprint density at radius 1 is 1.29 bits per heavy atom. The molecule has 1 fully saturated rings. The van der Waals surface area contributed by atoms with Crippen LogP contribution in [0.5, 0.6) is 0 Å². The molecule has 0 heterocycles. The monoisotopic (exact) mass is 234 g/mol. The van der Waals surface area contributed by atoms with Gasteiger partial charge in [-0.3, -0.25) is 4.79 Å². The molecule has 0 aromatic heterocycles. The molecule has 1 aromatic rings. The van der Waals surface area contributed by atoms with E-state index in [0.29, 0.717) is 5.56 Å².